The summed E-state index contributed by atoms with van der Waals surface area (Å²) in [4.78, 5) is 24.4. The fraction of sp³-hybridized carbons (Fsp3) is 0.125. The van der Waals surface area contributed by atoms with Gasteiger partial charge in [-0.25, -0.2) is 19.3 Å². The van der Waals surface area contributed by atoms with E-state index in [0.717, 1.165) is 11.4 Å². The number of nitrogens with one attached hydrogen (secondary N) is 1. The quantitative estimate of drug-likeness (QED) is 0.802. The number of imidazole rings is 1. The molecule has 1 N–H and O–H groups in total. The molecule has 1 aromatic carbocycles. The van der Waals surface area contributed by atoms with Crippen molar-refractivity contribution in [3.05, 3.63) is 66.3 Å². The monoisotopic (exact) mass is 311 g/mol. The lowest BCUT2D eigenvalue weighted by Crippen LogP contribution is -2.16. The van der Waals surface area contributed by atoms with Gasteiger partial charge in [-0.05, 0) is 24.6 Å². The van der Waals surface area contributed by atoms with E-state index in [9.17, 15) is 9.18 Å². The van der Waals surface area contributed by atoms with E-state index in [1.165, 1.54) is 18.5 Å². The predicted octanol–water partition coefficient (Wildman–Crippen LogP) is 2.29. The second-order valence-electron chi connectivity index (χ2n) is 4.96. The lowest BCUT2D eigenvalue weighted by molar-refractivity contribution is -0.115. The molecule has 0 saturated heterocycles. The second kappa shape index (κ2) is 6.35. The largest absolute Gasteiger partial charge is 0.310 e. The van der Waals surface area contributed by atoms with Gasteiger partial charge in [0.1, 0.15) is 29.6 Å². The molecule has 0 aliphatic heterocycles. The third-order valence-corrected chi connectivity index (χ3v) is 3.27. The molecule has 0 saturated carbocycles. The highest BCUT2D eigenvalue weighted by Crippen LogP contribution is 2.11. The van der Waals surface area contributed by atoms with Gasteiger partial charge < -0.3 is 5.32 Å². The SMILES string of the molecule is Cc1nccn1-c1cc(NC(=O)Cc2ccc(F)cc2)ncn1. The van der Waals surface area contributed by atoms with Crippen LogP contribution in [0.1, 0.15) is 11.4 Å². The number of carbonyl (C=O) groups excluding carboxylic acids is 1. The third-order valence-electron chi connectivity index (χ3n) is 3.27. The summed E-state index contributed by atoms with van der Waals surface area (Å²) in [6.07, 6.45) is 4.97. The van der Waals surface area contributed by atoms with Crippen LogP contribution in [-0.4, -0.2) is 25.4 Å². The van der Waals surface area contributed by atoms with Gasteiger partial charge >= 0.3 is 0 Å². The van der Waals surface area contributed by atoms with Crippen LogP contribution < -0.4 is 5.32 Å². The van der Waals surface area contributed by atoms with Crippen LogP contribution in [0.15, 0.2) is 49.1 Å². The van der Waals surface area contributed by atoms with E-state index in [1.54, 1.807) is 35.2 Å². The van der Waals surface area contributed by atoms with Crippen LogP contribution in [0.3, 0.4) is 0 Å². The Hall–Kier alpha value is -3.09. The summed E-state index contributed by atoms with van der Waals surface area (Å²) in [5, 5.41) is 2.71. The van der Waals surface area contributed by atoms with E-state index >= 15 is 0 Å². The second-order valence-corrected chi connectivity index (χ2v) is 4.96. The molecule has 116 valence electrons. The Balaban J connectivity index is 1.71. The number of halogens is 1. The minimum absolute atomic E-state index is 0.143. The Bertz CT molecular complexity index is 828. The summed E-state index contributed by atoms with van der Waals surface area (Å²) in [6, 6.07) is 7.47. The van der Waals surface area contributed by atoms with Crippen LogP contribution >= 0.6 is 0 Å². The topological polar surface area (TPSA) is 72.7 Å². The van der Waals surface area contributed by atoms with E-state index in [-0.39, 0.29) is 18.1 Å². The number of rotatable bonds is 4. The fourth-order valence-electron chi connectivity index (χ4n) is 2.14. The predicted molar refractivity (Wildman–Crippen MR) is 82.6 cm³/mol. The van der Waals surface area contributed by atoms with Gasteiger partial charge in [-0.2, -0.15) is 0 Å². The number of hydrogen-bond acceptors (Lipinski definition) is 4. The van der Waals surface area contributed by atoms with Gasteiger partial charge in [0.2, 0.25) is 5.91 Å². The van der Waals surface area contributed by atoms with Gasteiger partial charge in [-0.1, -0.05) is 12.1 Å². The first kappa shape index (κ1) is 14.8. The molecule has 0 bridgehead atoms. The summed E-state index contributed by atoms with van der Waals surface area (Å²) in [5.41, 5.74) is 0.726. The number of amides is 1. The number of aromatic nitrogens is 4. The Labute approximate surface area is 132 Å². The van der Waals surface area contributed by atoms with Gasteiger partial charge in [-0.3, -0.25) is 9.36 Å². The molecule has 0 aliphatic rings. The zero-order valence-corrected chi connectivity index (χ0v) is 12.4. The van der Waals surface area contributed by atoms with Crippen molar-refractivity contribution >= 4 is 11.7 Å². The highest BCUT2D eigenvalue weighted by Gasteiger charge is 2.08. The molecule has 0 unspecified atom stereocenters. The van der Waals surface area contributed by atoms with Crippen molar-refractivity contribution in [3.63, 3.8) is 0 Å². The Morgan fingerprint density at radius 3 is 2.70 bits per heavy atom. The van der Waals surface area contributed by atoms with Crippen molar-refractivity contribution in [3.8, 4) is 5.82 Å². The van der Waals surface area contributed by atoms with E-state index < -0.39 is 0 Å². The normalized spacial score (nSPS) is 10.5. The van der Waals surface area contributed by atoms with Crippen LogP contribution in [-0.2, 0) is 11.2 Å². The van der Waals surface area contributed by atoms with Gasteiger partial charge in [0.15, 0.2) is 0 Å². The molecule has 6 nitrogen and oxygen atoms in total. The van der Waals surface area contributed by atoms with Crippen molar-refractivity contribution in [2.45, 2.75) is 13.3 Å². The van der Waals surface area contributed by atoms with E-state index in [1.807, 2.05) is 6.92 Å². The molecule has 3 aromatic rings. The molecule has 0 spiro atoms. The average Bonchev–Trinajstić information content (AvgIpc) is 2.96. The molecule has 0 atom stereocenters. The summed E-state index contributed by atoms with van der Waals surface area (Å²) < 4.78 is 14.6. The van der Waals surface area contributed by atoms with Crippen molar-refractivity contribution in [1.82, 2.24) is 19.5 Å². The molecule has 2 heterocycles. The summed E-state index contributed by atoms with van der Waals surface area (Å²) in [5.74, 6) is 1.24. The average molecular weight is 311 g/mol. The van der Waals surface area contributed by atoms with Gasteiger partial charge in [0.05, 0.1) is 6.42 Å². The van der Waals surface area contributed by atoms with E-state index in [4.69, 9.17) is 0 Å². The summed E-state index contributed by atoms with van der Waals surface area (Å²) in [6.45, 7) is 1.86. The van der Waals surface area contributed by atoms with Crippen LogP contribution in [0.25, 0.3) is 5.82 Å². The summed E-state index contributed by atoms with van der Waals surface area (Å²) >= 11 is 0. The van der Waals surface area contributed by atoms with Crippen molar-refractivity contribution in [2.75, 3.05) is 5.32 Å². The third kappa shape index (κ3) is 3.57. The first-order valence-corrected chi connectivity index (χ1v) is 6.98. The molecule has 7 heteroatoms. The highest BCUT2D eigenvalue weighted by atomic mass is 19.1. The van der Waals surface area contributed by atoms with E-state index in [0.29, 0.717) is 11.6 Å². The molecular formula is C16H14FN5O. The lowest BCUT2D eigenvalue weighted by atomic mass is 10.1. The minimum atomic E-state index is -0.328. The fourth-order valence-corrected chi connectivity index (χ4v) is 2.14. The van der Waals surface area contributed by atoms with Gasteiger partial charge in [-0.15, -0.1) is 0 Å². The number of aryl methyl sites for hydroxylation is 1. The zero-order valence-electron chi connectivity index (χ0n) is 12.4. The Morgan fingerprint density at radius 2 is 2.00 bits per heavy atom. The van der Waals surface area contributed by atoms with Gasteiger partial charge in [0, 0.05) is 18.5 Å². The molecule has 0 radical (unpaired) electrons. The van der Waals surface area contributed by atoms with Crippen LogP contribution in [0.2, 0.25) is 0 Å². The van der Waals surface area contributed by atoms with Crippen LogP contribution in [0.5, 0.6) is 0 Å². The Kier molecular flexibility index (Phi) is 4.09. The minimum Gasteiger partial charge on any atom is -0.310 e. The molecule has 23 heavy (non-hydrogen) atoms. The molecule has 0 fully saturated rings. The summed E-state index contributed by atoms with van der Waals surface area (Å²) in [7, 11) is 0. The molecule has 1 amide bonds. The maximum atomic E-state index is 12.9. The molecule has 3 rings (SSSR count). The smallest absolute Gasteiger partial charge is 0.229 e. The standard InChI is InChI=1S/C16H14FN5O/c1-11-18-6-7-22(11)15-9-14(19-10-20-15)21-16(23)8-12-2-4-13(17)5-3-12/h2-7,9-10H,8H2,1H3,(H,19,20,21,23). The molecule has 0 aliphatic carbocycles. The maximum Gasteiger partial charge on any atom is 0.229 e. The highest BCUT2D eigenvalue weighted by molar-refractivity contribution is 5.91. The number of benzene rings is 1. The number of anilines is 1. The zero-order chi connectivity index (χ0) is 16.2. The number of hydrogen-bond donors (Lipinski definition) is 1. The number of carbonyl (C=O) groups is 1. The lowest BCUT2D eigenvalue weighted by Gasteiger charge is -2.07. The first-order chi connectivity index (χ1) is 11.1. The maximum absolute atomic E-state index is 12.9. The van der Waals surface area contributed by atoms with Crippen molar-refractivity contribution in [2.24, 2.45) is 0 Å². The first-order valence-electron chi connectivity index (χ1n) is 6.98. The van der Waals surface area contributed by atoms with Crippen LogP contribution in [0.4, 0.5) is 10.2 Å². The molecule has 2 aromatic heterocycles. The van der Waals surface area contributed by atoms with Gasteiger partial charge in [0.25, 0.3) is 0 Å². The van der Waals surface area contributed by atoms with Crippen molar-refractivity contribution in [1.29, 1.82) is 0 Å². The van der Waals surface area contributed by atoms with Crippen LogP contribution in [0, 0.1) is 12.7 Å². The number of nitrogens with zero attached hydrogens (tertiary/aromatic N) is 4. The van der Waals surface area contributed by atoms with Crippen molar-refractivity contribution < 1.29 is 9.18 Å². The molecular weight excluding hydrogens is 297 g/mol. The Morgan fingerprint density at radius 1 is 1.22 bits per heavy atom. The van der Waals surface area contributed by atoms with E-state index in [2.05, 4.69) is 20.3 Å².